The van der Waals surface area contributed by atoms with E-state index in [1.54, 1.807) is 20.1 Å². The predicted molar refractivity (Wildman–Crippen MR) is 99.6 cm³/mol. The molecule has 1 N–H and O–H groups in total. The topological polar surface area (TPSA) is 87.9 Å². The zero-order valence-corrected chi connectivity index (χ0v) is 15.6. The highest BCUT2D eigenvalue weighted by atomic mass is 16.5. The van der Waals surface area contributed by atoms with Crippen molar-refractivity contribution in [2.24, 2.45) is 0 Å². The van der Waals surface area contributed by atoms with E-state index >= 15 is 0 Å². The largest absolute Gasteiger partial charge is 0.497 e. The van der Waals surface area contributed by atoms with E-state index in [1.165, 1.54) is 0 Å². The molecule has 0 bridgehead atoms. The van der Waals surface area contributed by atoms with E-state index in [0.717, 1.165) is 11.3 Å². The van der Waals surface area contributed by atoms with E-state index in [2.05, 4.69) is 10.5 Å². The predicted octanol–water partition coefficient (Wildman–Crippen LogP) is 1.32. The summed E-state index contributed by atoms with van der Waals surface area (Å²) in [6.07, 6.45) is 0.371. The molecule has 0 atom stereocenters. The van der Waals surface area contributed by atoms with Crippen LogP contribution in [0.1, 0.15) is 11.3 Å². The minimum absolute atomic E-state index is 0.0994. The number of carbonyl (C=O) groups excluding carboxylic acids is 2. The Labute approximate surface area is 158 Å². The molecule has 0 saturated carbocycles. The maximum absolute atomic E-state index is 12.5. The van der Waals surface area contributed by atoms with E-state index in [1.807, 2.05) is 34.1 Å². The molecule has 2 heterocycles. The fraction of sp³-hybridized carbons (Fsp3) is 0.421. The molecule has 0 unspecified atom stereocenters. The highest BCUT2D eigenvalue weighted by molar-refractivity contribution is 5.91. The van der Waals surface area contributed by atoms with Gasteiger partial charge in [0, 0.05) is 32.2 Å². The van der Waals surface area contributed by atoms with Gasteiger partial charge in [-0.1, -0.05) is 17.3 Å². The van der Waals surface area contributed by atoms with Crippen LogP contribution in [0.15, 0.2) is 34.9 Å². The summed E-state index contributed by atoms with van der Waals surface area (Å²) in [6, 6.07) is 9.20. The third-order valence-electron chi connectivity index (χ3n) is 4.50. The van der Waals surface area contributed by atoms with Crippen LogP contribution in [-0.4, -0.2) is 66.6 Å². The molecule has 8 heteroatoms. The third kappa shape index (κ3) is 5.30. The van der Waals surface area contributed by atoms with Crippen molar-refractivity contribution in [1.29, 1.82) is 0 Å². The van der Waals surface area contributed by atoms with E-state index in [-0.39, 0.29) is 18.4 Å². The number of anilines is 1. The van der Waals surface area contributed by atoms with Crippen molar-refractivity contribution in [2.75, 3.05) is 45.2 Å². The van der Waals surface area contributed by atoms with Gasteiger partial charge < -0.3 is 19.5 Å². The zero-order chi connectivity index (χ0) is 19.2. The van der Waals surface area contributed by atoms with Gasteiger partial charge in [-0.3, -0.25) is 14.5 Å². The van der Waals surface area contributed by atoms with Crippen LogP contribution in [0.4, 0.5) is 5.82 Å². The Bertz CT molecular complexity index is 779. The second-order valence-corrected chi connectivity index (χ2v) is 6.55. The van der Waals surface area contributed by atoms with Crippen molar-refractivity contribution in [3.05, 3.63) is 41.7 Å². The first-order valence-corrected chi connectivity index (χ1v) is 8.90. The number of aryl methyl sites for hydroxylation is 1. The molecule has 2 aromatic rings. The summed E-state index contributed by atoms with van der Waals surface area (Å²) >= 11 is 0. The van der Waals surface area contributed by atoms with Crippen molar-refractivity contribution >= 4 is 17.6 Å². The fourth-order valence-corrected chi connectivity index (χ4v) is 3.00. The highest BCUT2D eigenvalue weighted by Crippen LogP contribution is 2.13. The lowest BCUT2D eigenvalue weighted by molar-refractivity contribution is -0.132. The Morgan fingerprint density at radius 3 is 2.48 bits per heavy atom. The lowest BCUT2D eigenvalue weighted by atomic mass is 10.1. The molecule has 1 saturated heterocycles. The minimum atomic E-state index is -0.138. The van der Waals surface area contributed by atoms with Gasteiger partial charge in [0.1, 0.15) is 11.5 Å². The SMILES string of the molecule is COc1ccc(CC(=O)N2CCN(CC(=O)Nc3cc(C)on3)CC2)cc1. The number of nitrogens with zero attached hydrogens (tertiary/aromatic N) is 3. The van der Waals surface area contributed by atoms with Crippen LogP contribution in [0.5, 0.6) is 5.75 Å². The summed E-state index contributed by atoms with van der Waals surface area (Å²) in [4.78, 5) is 28.4. The summed E-state index contributed by atoms with van der Waals surface area (Å²) < 4.78 is 10.1. The molecular weight excluding hydrogens is 348 g/mol. The van der Waals surface area contributed by atoms with Crippen LogP contribution < -0.4 is 10.1 Å². The average molecular weight is 372 g/mol. The molecule has 1 fully saturated rings. The molecular formula is C19H24N4O4. The second kappa shape index (κ2) is 8.68. The Balaban J connectivity index is 1.42. The molecule has 2 amide bonds. The van der Waals surface area contributed by atoms with Crippen LogP contribution in [0.3, 0.4) is 0 Å². The van der Waals surface area contributed by atoms with Gasteiger partial charge >= 0.3 is 0 Å². The van der Waals surface area contributed by atoms with Gasteiger partial charge in [-0.15, -0.1) is 0 Å². The molecule has 3 rings (SSSR count). The van der Waals surface area contributed by atoms with Gasteiger partial charge in [0.2, 0.25) is 11.8 Å². The molecule has 1 aliphatic rings. The van der Waals surface area contributed by atoms with Crippen molar-refractivity contribution in [2.45, 2.75) is 13.3 Å². The van der Waals surface area contributed by atoms with Gasteiger partial charge in [-0.25, -0.2) is 0 Å². The molecule has 144 valence electrons. The quantitative estimate of drug-likeness (QED) is 0.823. The molecule has 1 aliphatic heterocycles. The van der Waals surface area contributed by atoms with Crippen molar-refractivity contribution in [1.82, 2.24) is 15.0 Å². The van der Waals surface area contributed by atoms with E-state index < -0.39 is 0 Å². The first-order chi connectivity index (χ1) is 13.0. The number of rotatable bonds is 6. The van der Waals surface area contributed by atoms with Crippen molar-refractivity contribution < 1.29 is 18.8 Å². The Hall–Kier alpha value is -2.87. The van der Waals surface area contributed by atoms with Crippen LogP contribution in [0.2, 0.25) is 0 Å². The van der Waals surface area contributed by atoms with Gasteiger partial charge in [0.05, 0.1) is 20.1 Å². The van der Waals surface area contributed by atoms with Crippen LogP contribution in [-0.2, 0) is 16.0 Å². The van der Waals surface area contributed by atoms with Crippen LogP contribution in [0.25, 0.3) is 0 Å². The molecule has 0 spiro atoms. The molecule has 1 aromatic carbocycles. The number of nitrogens with one attached hydrogen (secondary N) is 1. The number of carbonyl (C=O) groups is 2. The Morgan fingerprint density at radius 1 is 1.19 bits per heavy atom. The molecule has 0 radical (unpaired) electrons. The number of piperazine rings is 1. The van der Waals surface area contributed by atoms with E-state index in [0.29, 0.717) is 44.2 Å². The monoisotopic (exact) mass is 372 g/mol. The number of benzene rings is 1. The fourth-order valence-electron chi connectivity index (χ4n) is 3.00. The number of hydrogen-bond acceptors (Lipinski definition) is 6. The molecule has 0 aliphatic carbocycles. The van der Waals surface area contributed by atoms with Crippen molar-refractivity contribution in [3.8, 4) is 5.75 Å². The first-order valence-electron chi connectivity index (χ1n) is 8.90. The maximum atomic E-state index is 12.5. The summed E-state index contributed by atoms with van der Waals surface area (Å²) in [7, 11) is 1.62. The lowest BCUT2D eigenvalue weighted by Gasteiger charge is -2.34. The van der Waals surface area contributed by atoms with E-state index in [4.69, 9.17) is 9.26 Å². The summed E-state index contributed by atoms with van der Waals surface area (Å²) in [5.74, 6) is 1.81. The maximum Gasteiger partial charge on any atom is 0.239 e. The highest BCUT2D eigenvalue weighted by Gasteiger charge is 2.22. The minimum Gasteiger partial charge on any atom is -0.497 e. The standard InChI is InChI=1S/C19H24N4O4/c1-14-11-17(21-27-14)20-18(24)13-22-7-9-23(10-8-22)19(25)12-15-3-5-16(26-2)6-4-15/h3-6,11H,7-10,12-13H2,1-2H3,(H,20,21,24). The lowest BCUT2D eigenvalue weighted by Crippen LogP contribution is -2.50. The Kier molecular flexibility index (Phi) is 6.08. The summed E-state index contributed by atoms with van der Waals surface area (Å²) in [5, 5.41) is 6.46. The third-order valence-corrected chi connectivity index (χ3v) is 4.50. The van der Waals surface area contributed by atoms with Gasteiger partial charge in [-0.05, 0) is 24.6 Å². The number of methoxy groups -OCH3 is 1. The summed E-state index contributed by atoms with van der Waals surface area (Å²) in [6.45, 7) is 4.60. The smallest absolute Gasteiger partial charge is 0.239 e. The number of amides is 2. The van der Waals surface area contributed by atoms with Crippen LogP contribution >= 0.6 is 0 Å². The number of hydrogen-bond donors (Lipinski definition) is 1. The number of aromatic nitrogens is 1. The zero-order valence-electron chi connectivity index (χ0n) is 15.6. The van der Waals surface area contributed by atoms with E-state index in [9.17, 15) is 9.59 Å². The molecule has 1 aromatic heterocycles. The first kappa shape index (κ1) is 18.9. The summed E-state index contributed by atoms with van der Waals surface area (Å²) in [5.41, 5.74) is 0.963. The molecule has 8 nitrogen and oxygen atoms in total. The Morgan fingerprint density at radius 2 is 1.89 bits per heavy atom. The normalized spacial score (nSPS) is 14.8. The average Bonchev–Trinajstić information content (AvgIpc) is 3.07. The van der Waals surface area contributed by atoms with Crippen LogP contribution in [0, 0.1) is 6.92 Å². The van der Waals surface area contributed by atoms with Gasteiger partial charge in [0.25, 0.3) is 0 Å². The number of ether oxygens (including phenoxy) is 1. The van der Waals surface area contributed by atoms with Crippen molar-refractivity contribution in [3.63, 3.8) is 0 Å². The van der Waals surface area contributed by atoms with Gasteiger partial charge in [0.15, 0.2) is 5.82 Å². The second-order valence-electron chi connectivity index (χ2n) is 6.55. The molecule has 27 heavy (non-hydrogen) atoms. The van der Waals surface area contributed by atoms with Gasteiger partial charge in [-0.2, -0.15) is 0 Å².